The first kappa shape index (κ1) is 32.9. The Balaban J connectivity index is 1.83. The second-order valence-electron chi connectivity index (χ2n) is 12.0. The van der Waals surface area contributed by atoms with E-state index < -0.39 is 0 Å². The minimum atomic E-state index is -0.229. The minimum Gasteiger partial charge on any atom is -0.466 e. The predicted octanol–water partition coefficient (Wildman–Crippen LogP) is 8.60. The number of ether oxygens (including phenoxy) is 2. The Morgan fingerprint density at radius 1 is 0.587 bits per heavy atom. The Morgan fingerprint density at radius 3 is 1.43 bits per heavy atom. The highest BCUT2D eigenvalue weighted by atomic mass is 16.5. The van der Waals surface area contributed by atoms with Gasteiger partial charge < -0.3 is 19.4 Å². The number of nitrogens with one attached hydrogen (secondary N) is 2. The third-order valence-corrected chi connectivity index (χ3v) is 9.28. The molecule has 0 saturated heterocycles. The Morgan fingerprint density at radius 2 is 1.00 bits per heavy atom. The maximum Gasteiger partial charge on any atom is 0.306 e. The van der Waals surface area contributed by atoms with Gasteiger partial charge in [-0.05, 0) is 136 Å². The van der Waals surface area contributed by atoms with E-state index in [0.717, 1.165) is 80.0 Å². The summed E-state index contributed by atoms with van der Waals surface area (Å²) >= 11 is 0. The first-order valence-corrected chi connectivity index (χ1v) is 16.5. The molecule has 2 aliphatic rings. The van der Waals surface area contributed by atoms with Crippen LogP contribution in [0.5, 0.6) is 0 Å². The van der Waals surface area contributed by atoms with Crippen LogP contribution >= 0.6 is 0 Å². The van der Waals surface area contributed by atoms with Crippen molar-refractivity contribution < 1.29 is 19.1 Å². The lowest BCUT2D eigenvalue weighted by Crippen LogP contribution is -2.04. The van der Waals surface area contributed by atoms with Crippen molar-refractivity contribution in [2.24, 2.45) is 0 Å². The second-order valence-corrected chi connectivity index (χ2v) is 12.0. The van der Waals surface area contributed by atoms with Gasteiger partial charge in [0.1, 0.15) is 0 Å². The molecule has 0 saturated carbocycles. The van der Waals surface area contributed by atoms with Gasteiger partial charge in [-0.15, -0.1) is 0 Å². The SMILES string of the molecule is CCOC(=O)CCC1=C(C)c2cc3[nH]c(cc4[nH]c(cc5nc(cc1n2)C(CCC(=O)OCC)=C5C)c(CC)c4C)c(CC)c3C. The number of fused-ring (bicyclic) bond motifs is 8. The Labute approximate surface area is 271 Å². The molecule has 46 heavy (non-hydrogen) atoms. The maximum atomic E-state index is 12.4. The van der Waals surface area contributed by atoms with E-state index in [9.17, 15) is 9.59 Å². The molecule has 3 aromatic rings. The number of H-pyrrole nitrogens is 2. The van der Waals surface area contributed by atoms with Gasteiger partial charge in [0.25, 0.3) is 0 Å². The molecular weight excluding hydrogens is 576 g/mol. The van der Waals surface area contributed by atoms with Crippen molar-refractivity contribution >= 4 is 56.3 Å². The zero-order chi connectivity index (χ0) is 33.1. The van der Waals surface area contributed by atoms with E-state index in [1.807, 2.05) is 19.9 Å². The highest BCUT2D eigenvalue weighted by Gasteiger charge is 2.23. The number of carbonyl (C=O) groups is 2. The molecule has 8 nitrogen and oxygen atoms in total. The quantitative estimate of drug-likeness (QED) is 0.219. The number of aromatic amines is 2. The predicted molar refractivity (Wildman–Crippen MR) is 186 cm³/mol. The summed E-state index contributed by atoms with van der Waals surface area (Å²) in [5.41, 5.74) is 16.5. The molecule has 8 bridgehead atoms. The van der Waals surface area contributed by atoms with E-state index in [-0.39, 0.29) is 24.8 Å². The summed E-state index contributed by atoms with van der Waals surface area (Å²) in [6.45, 7) is 17.2. The topological polar surface area (TPSA) is 110 Å². The molecule has 0 radical (unpaired) electrons. The molecule has 8 heteroatoms. The average molecular weight is 623 g/mol. The van der Waals surface area contributed by atoms with Gasteiger partial charge in [-0.2, -0.15) is 0 Å². The van der Waals surface area contributed by atoms with Crippen LogP contribution in [-0.4, -0.2) is 45.1 Å². The molecule has 0 unspecified atom stereocenters. The molecule has 2 N–H and O–H groups in total. The van der Waals surface area contributed by atoms with Crippen LogP contribution in [0.4, 0.5) is 0 Å². The van der Waals surface area contributed by atoms with Gasteiger partial charge in [0.15, 0.2) is 0 Å². The number of hydrogen-bond donors (Lipinski definition) is 2. The molecule has 2 aliphatic heterocycles. The molecule has 0 fully saturated rings. The largest absolute Gasteiger partial charge is 0.466 e. The third kappa shape index (κ3) is 6.43. The Kier molecular flexibility index (Phi) is 9.94. The standard InChI is InChI=1S/C38H46N4O4/c1-9-25-21(5)29-17-30-23(7)27(13-15-37(43)45-11-3)35(41-30)20-36-28(14-16-38(44)46-12-4)24(8)32(42-36)19-34-26(10-2)22(6)31(40-34)18-33(25)39-29/h17-20,39-40H,9-16H2,1-8H3. The fourth-order valence-electron chi connectivity index (χ4n) is 6.68. The molecule has 3 aromatic heterocycles. The van der Waals surface area contributed by atoms with Crippen molar-refractivity contribution in [3.63, 3.8) is 0 Å². The van der Waals surface area contributed by atoms with Crippen molar-refractivity contribution in [2.75, 3.05) is 13.2 Å². The summed E-state index contributed by atoms with van der Waals surface area (Å²) in [7, 11) is 0. The third-order valence-electron chi connectivity index (χ3n) is 9.28. The fraction of sp³-hybridized carbons (Fsp3) is 0.421. The van der Waals surface area contributed by atoms with Crippen LogP contribution in [0.2, 0.25) is 0 Å². The number of allylic oxidation sites excluding steroid dienone is 4. The minimum absolute atomic E-state index is 0.229. The Bertz CT molecular complexity index is 1920. The average Bonchev–Trinajstić information content (AvgIpc) is 3.68. The van der Waals surface area contributed by atoms with Crippen molar-refractivity contribution in [3.8, 4) is 0 Å². The first-order valence-electron chi connectivity index (χ1n) is 16.5. The van der Waals surface area contributed by atoms with E-state index in [1.54, 1.807) is 0 Å². The molecule has 5 rings (SSSR count). The summed E-state index contributed by atoms with van der Waals surface area (Å²) in [5, 5.41) is 0. The second kappa shape index (κ2) is 13.9. The first-order chi connectivity index (χ1) is 22.1. The van der Waals surface area contributed by atoms with Crippen molar-refractivity contribution in [1.29, 1.82) is 0 Å². The summed E-state index contributed by atoms with van der Waals surface area (Å²) in [4.78, 5) is 42.5. The van der Waals surface area contributed by atoms with Gasteiger partial charge in [0.2, 0.25) is 0 Å². The number of aromatic nitrogens is 4. The Hall–Kier alpha value is -4.46. The highest BCUT2D eigenvalue weighted by molar-refractivity contribution is 5.96. The molecular formula is C38H46N4O4. The van der Waals surface area contributed by atoms with E-state index >= 15 is 0 Å². The van der Waals surface area contributed by atoms with Crippen molar-refractivity contribution in [2.45, 2.75) is 93.9 Å². The van der Waals surface area contributed by atoms with Gasteiger partial charge in [0.05, 0.1) is 36.0 Å². The van der Waals surface area contributed by atoms with Crippen molar-refractivity contribution in [1.82, 2.24) is 19.9 Å². The van der Waals surface area contributed by atoms with Crippen LogP contribution in [0.25, 0.3) is 44.4 Å². The molecule has 242 valence electrons. The summed E-state index contributed by atoms with van der Waals surface area (Å²) in [6, 6.07) is 8.49. The summed E-state index contributed by atoms with van der Waals surface area (Å²) in [5.74, 6) is -0.458. The molecule has 0 aliphatic carbocycles. The van der Waals surface area contributed by atoms with Crippen molar-refractivity contribution in [3.05, 3.63) is 69.3 Å². The van der Waals surface area contributed by atoms with Crippen LogP contribution in [0, 0.1) is 13.8 Å². The van der Waals surface area contributed by atoms with Crippen LogP contribution in [0.1, 0.15) is 112 Å². The van der Waals surface area contributed by atoms with Crippen LogP contribution in [-0.2, 0) is 31.9 Å². The number of carbonyl (C=O) groups excluding carboxylic acids is 2. The number of esters is 2. The van der Waals surface area contributed by atoms with Crippen LogP contribution < -0.4 is 0 Å². The monoisotopic (exact) mass is 622 g/mol. The zero-order valence-electron chi connectivity index (χ0n) is 28.5. The molecule has 0 aromatic carbocycles. The zero-order valence-corrected chi connectivity index (χ0v) is 28.5. The highest BCUT2D eigenvalue weighted by Crippen LogP contribution is 2.38. The summed E-state index contributed by atoms with van der Waals surface area (Å²) < 4.78 is 10.5. The lowest BCUT2D eigenvalue weighted by molar-refractivity contribution is -0.143. The molecule has 5 heterocycles. The smallest absolute Gasteiger partial charge is 0.306 e. The normalized spacial score (nSPS) is 13.0. The number of hydrogen-bond acceptors (Lipinski definition) is 6. The van der Waals surface area contributed by atoms with Gasteiger partial charge >= 0.3 is 11.9 Å². The number of aryl methyl sites for hydroxylation is 4. The van der Waals surface area contributed by atoms with Crippen LogP contribution in [0.3, 0.4) is 0 Å². The van der Waals surface area contributed by atoms with Gasteiger partial charge in [0, 0.05) is 34.9 Å². The van der Waals surface area contributed by atoms with E-state index in [2.05, 4.69) is 69.7 Å². The molecule has 0 amide bonds. The van der Waals surface area contributed by atoms with Crippen LogP contribution in [0.15, 0.2) is 24.3 Å². The lowest BCUT2D eigenvalue weighted by Gasteiger charge is -2.07. The fourth-order valence-corrected chi connectivity index (χ4v) is 6.68. The van der Waals surface area contributed by atoms with Gasteiger partial charge in [-0.1, -0.05) is 13.8 Å². The van der Waals surface area contributed by atoms with Gasteiger partial charge in [-0.3, -0.25) is 9.59 Å². The van der Waals surface area contributed by atoms with Gasteiger partial charge in [-0.25, -0.2) is 9.97 Å². The molecule has 0 atom stereocenters. The van der Waals surface area contributed by atoms with E-state index in [4.69, 9.17) is 19.4 Å². The van der Waals surface area contributed by atoms with E-state index in [1.165, 1.54) is 22.3 Å². The number of nitrogens with zero attached hydrogens (tertiary/aromatic N) is 2. The summed E-state index contributed by atoms with van der Waals surface area (Å²) in [6.07, 6.45) is 3.30. The van der Waals surface area contributed by atoms with E-state index in [0.29, 0.717) is 26.1 Å². The molecule has 0 spiro atoms. The maximum absolute atomic E-state index is 12.4. The lowest BCUT2D eigenvalue weighted by atomic mass is 9.98. The number of rotatable bonds is 10.